The van der Waals surface area contributed by atoms with Crippen LogP contribution in [-0.4, -0.2) is 37.1 Å². The lowest BCUT2D eigenvalue weighted by Crippen LogP contribution is -2.36. The smallest absolute Gasteiger partial charge is 0.199 e. The molecule has 2 heterocycles. The average Bonchev–Trinajstić information content (AvgIpc) is 2.64. The number of rotatable bonds is 1. The van der Waals surface area contributed by atoms with Crippen molar-refractivity contribution in [1.29, 1.82) is 0 Å². The van der Waals surface area contributed by atoms with Crippen molar-refractivity contribution in [3.63, 3.8) is 0 Å². The summed E-state index contributed by atoms with van der Waals surface area (Å²) in [6, 6.07) is 0. The first-order valence-electron chi connectivity index (χ1n) is 3.43. The van der Waals surface area contributed by atoms with Gasteiger partial charge >= 0.3 is 0 Å². The van der Waals surface area contributed by atoms with Gasteiger partial charge in [0.25, 0.3) is 0 Å². The summed E-state index contributed by atoms with van der Waals surface area (Å²) < 4.78 is 10.4. The maximum atomic E-state index is 5.22. The molecule has 2 rings (SSSR count). The largest absolute Gasteiger partial charge is 0.347 e. The van der Waals surface area contributed by atoms with Gasteiger partial charge in [-0.1, -0.05) is 6.92 Å². The first kappa shape index (κ1) is 5.65. The van der Waals surface area contributed by atoms with Crippen molar-refractivity contribution in [2.45, 2.75) is 19.4 Å². The van der Waals surface area contributed by atoms with Gasteiger partial charge in [-0.25, -0.2) is 0 Å². The predicted octanol–water partition coefficient (Wildman–Crippen LogP) is 0.0209. The molecule has 0 radical (unpaired) electrons. The molecule has 2 unspecified atom stereocenters. The normalized spacial score (nSPS) is 42.3. The molecule has 3 nitrogen and oxygen atoms in total. The summed E-state index contributed by atoms with van der Waals surface area (Å²) in [5.74, 6) is 0. The molecule has 2 aliphatic heterocycles. The van der Waals surface area contributed by atoms with E-state index in [0.717, 1.165) is 19.7 Å². The van der Waals surface area contributed by atoms with Crippen molar-refractivity contribution in [2.75, 3.05) is 19.7 Å². The van der Waals surface area contributed by atoms with Gasteiger partial charge in [0.2, 0.25) is 0 Å². The molecule has 0 amide bonds. The molecule has 2 saturated heterocycles. The van der Waals surface area contributed by atoms with Gasteiger partial charge in [-0.15, -0.1) is 0 Å². The molecule has 0 saturated carbocycles. The number of epoxide rings is 1. The van der Waals surface area contributed by atoms with Crippen LogP contribution in [0, 0.1) is 0 Å². The van der Waals surface area contributed by atoms with Crippen LogP contribution in [0.3, 0.4) is 0 Å². The second kappa shape index (κ2) is 1.94. The number of hydrogen-bond donors (Lipinski definition) is 0. The minimum absolute atomic E-state index is 0.110. The Labute approximate surface area is 54.5 Å². The fourth-order valence-corrected chi connectivity index (χ4v) is 1.22. The molecular formula is C6H11NO2. The molecule has 52 valence electrons. The standard InChI is InChI=1S/C6H11NO2/c1-2-7-3-4-8-6-5(7)9-6/h5-6H,2-4H2,1H3. The molecule has 2 fully saturated rings. The van der Waals surface area contributed by atoms with Gasteiger partial charge in [0.15, 0.2) is 12.5 Å². The highest BCUT2D eigenvalue weighted by Crippen LogP contribution is 2.29. The summed E-state index contributed by atoms with van der Waals surface area (Å²) in [5.41, 5.74) is 0. The van der Waals surface area contributed by atoms with Crippen LogP contribution in [0.5, 0.6) is 0 Å². The number of morpholine rings is 1. The quantitative estimate of drug-likeness (QED) is 0.467. The van der Waals surface area contributed by atoms with Crippen LogP contribution in [0.15, 0.2) is 0 Å². The van der Waals surface area contributed by atoms with Gasteiger partial charge in [-0.05, 0) is 6.54 Å². The summed E-state index contributed by atoms with van der Waals surface area (Å²) in [6.45, 7) is 5.07. The SMILES string of the molecule is CCN1CCOC2OC21. The minimum atomic E-state index is 0.110. The van der Waals surface area contributed by atoms with Gasteiger partial charge < -0.3 is 9.47 Å². The van der Waals surface area contributed by atoms with E-state index < -0.39 is 0 Å². The van der Waals surface area contributed by atoms with Crippen molar-refractivity contribution in [2.24, 2.45) is 0 Å². The number of nitrogens with zero attached hydrogens (tertiary/aromatic N) is 1. The van der Waals surface area contributed by atoms with Crippen LogP contribution in [0.4, 0.5) is 0 Å². The van der Waals surface area contributed by atoms with Crippen LogP contribution in [0.2, 0.25) is 0 Å². The van der Waals surface area contributed by atoms with E-state index in [1.54, 1.807) is 0 Å². The predicted molar refractivity (Wildman–Crippen MR) is 31.9 cm³/mol. The van der Waals surface area contributed by atoms with E-state index in [1.165, 1.54) is 0 Å². The van der Waals surface area contributed by atoms with Gasteiger partial charge in [-0.2, -0.15) is 0 Å². The van der Waals surface area contributed by atoms with Gasteiger partial charge in [-0.3, -0.25) is 4.90 Å². The van der Waals surface area contributed by atoms with Crippen LogP contribution < -0.4 is 0 Å². The first-order valence-corrected chi connectivity index (χ1v) is 3.43. The van der Waals surface area contributed by atoms with Gasteiger partial charge in [0.1, 0.15) is 0 Å². The summed E-state index contributed by atoms with van der Waals surface area (Å²) in [4.78, 5) is 2.29. The maximum Gasteiger partial charge on any atom is 0.199 e. The molecule has 3 heteroatoms. The van der Waals surface area contributed by atoms with E-state index in [2.05, 4.69) is 11.8 Å². The van der Waals surface area contributed by atoms with E-state index in [0.29, 0.717) is 6.23 Å². The summed E-state index contributed by atoms with van der Waals surface area (Å²) in [7, 11) is 0. The van der Waals surface area contributed by atoms with E-state index in [-0.39, 0.29) is 6.29 Å². The van der Waals surface area contributed by atoms with E-state index >= 15 is 0 Å². The molecule has 0 N–H and O–H groups in total. The molecule has 0 spiro atoms. The fraction of sp³-hybridized carbons (Fsp3) is 1.00. The van der Waals surface area contributed by atoms with Crippen molar-refractivity contribution in [1.82, 2.24) is 4.90 Å². The Bertz CT molecular complexity index is 118. The molecule has 0 aromatic carbocycles. The Morgan fingerprint density at radius 2 is 2.56 bits per heavy atom. The second-order valence-corrected chi connectivity index (χ2v) is 2.39. The second-order valence-electron chi connectivity index (χ2n) is 2.39. The molecule has 0 aromatic rings. The Morgan fingerprint density at radius 1 is 1.67 bits per heavy atom. The van der Waals surface area contributed by atoms with Crippen molar-refractivity contribution < 1.29 is 9.47 Å². The third-order valence-corrected chi connectivity index (χ3v) is 1.86. The van der Waals surface area contributed by atoms with E-state index in [1.807, 2.05) is 0 Å². The lowest BCUT2D eigenvalue weighted by atomic mass is 10.4. The zero-order chi connectivity index (χ0) is 6.27. The third kappa shape index (κ3) is 0.852. The molecule has 0 aliphatic carbocycles. The zero-order valence-electron chi connectivity index (χ0n) is 5.54. The van der Waals surface area contributed by atoms with Crippen molar-refractivity contribution >= 4 is 0 Å². The highest BCUT2D eigenvalue weighted by atomic mass is 16.8. The Balaban J connectivity index is 1.93. The van der Waals surface area contributed by atoms with Gasteiger partial charge in [0.05, 0.1) is 6.61 Å². The van der Waals surface area contributed by atoms with Crippen molar-refractivity contribution in [3.8, 4) is 0 Å². The molecular weight excluding hydrogens is 118 g/mol. The lowest BCUT2D eigenvalue weighted by Gasteiger charge is -2.20. The minimum Gasteiger partial charge on any atom is -0.347 e. The first-order chi connectivity index (χ1) is 4.42. The van der Waals surface area contributed by atoms with Crippen LogP contribution in [0.1, 0.15) is 6.92 Å². The monoisotopic (exact) mass is 129 g/mol. The van der Waals surface area contributed by atoms with Crippen LogP contribution >= 0.6 is 0 Å². The van der Waals surface area contributed by atoms with Crippen LogP contribution in [-0.2, 0) is 9.47 Å². The molecule has 0 aromatic heterocycles. The molecule has 2 aliphatic rings. The summed E-state index contributed by atoms with van der Waals surface area (Å²) >= 11 is 0. The highest BCUT2D eigenvalue weighted by Gasteiger charge is 2.46. The Hall–Kier alpha value is -0.120. The number of likely N-dealkylation sites (N-methyl/N-ethyl adjacent to an activating group) is 1. The summed E-state index contributed by atoms with van der Waals surface area (Å²) in [6.07, 6.45) is 0.405. The molecule has 9 heavy (non-hydrogen) atoms. The van der Waals surface area contributed by atoms with Gasteiger partial charge in [0, 0.05) is 6.54 Å². The number of fused-ring (bicyclic) bond motifs is 1. The van der Waals surface area contributed by atoms with Crippen molar-refractivity contribution in [3.05, 3.63) is 0 Å². The number of ether oxygens (including phenoxy) is 2. The maximum absolute atomic E-state index is 5.22. The molecule has 0 bridgehead atoms. The highest BCUT2D eigenvalue weighted by molar-refractivity contribution is 4.81. The summed E-state index contributed by atoms with van der Waals surface area (Å²) in [5, 5.41) is 0. The lowest BCUT2D eigenvalue weighted by molar-refractivity contribution is 0.0220. The van der Waals surface area contributed by atoms with E-state index in [4.69, 9.17) is 9.47 Å². The topological polar surface area (TPSA) is 25.0 Å². The fourth-order valence-electron chi connectivity index (χ4n) is 1.22. The van der Waals surface area contributed by atoms with Crippen LogP contribution in [0.25, 0.3) is 0 Å². The molecule has 2 atom stereocenters. The van der Waals surface area contributed by atoms with E-state index in [9.17, 15) is 0 Å². The zero-order valence-corrected chi connectivity index (χ0v) is 5.54. The third-order valence-electron chi connectivity index (χ3n) is 1.86. The Morgan fingerprint density at radius 3 is 3.22 bits per heavy atom. The number of hydrogen-bond acceptors (Lipinski definition) is 3. The Kier molecular flexibility index (Phi) is 1.22. The average molecular weight is 129 g/mol.